The molecule has 0 saturated heterocycles. The lowest BCUT2D eigenvalue weighted by Gasteiger charge is -2.22. The number of aryl methyl sites for hydroxylation is 1. The zero-order valence-electron chi connectivity index (χ0n) is 19.0. The monoisotopic (exact) mass is 433 g/mol. The van der Waals surface area contributed by atoms with Crippen LogP contribution in [0.2, 0.25) is 0 Å². The Bertz CT molecular complexity index is 1130. The third-order valence-electron chi connectivity index (χ3n) is 6.18. The van der Waals surface area contributed by atoms with Gasteiger partial charge in [-0.15, -0.1) is 0 Å². The van der Waals surface area contributed by atoms with Crippen LogP contribution in [-0.4, -0.2) is 41.9 Å². The highest BCUT2D eigenvalue weighted by Crippen LogP contribution is 2.32. The average molecular weight is 434 g/mol. The Labute approximate surface area is 188 Å². The fourth-order valence-corrected chi connectivity index (χ4v) is 4.54. The summed E-state index contributed by atoms with van der Waals surface area (Å²) in [5, 5.41) is 4.00. The van der Waals surface area contributed by atoms with Crippen LogP contribution in [0, 0.1) is 5.92 Å². The molecule has 1 heterocycles. The van der Waals surface area contributed by atoms with Crippen LogP contribution in [0.5, 0.6) is 5.75 Å². The lowest BCUT2D eigenvalue weighted by Crippen LogP contribution is -2.38. The molecule has 0 saturated carbocycles. The minimum Gasteiger partial charge on any atom is -0.495 e. The summed E-state index contributed by atoms with van der Waals surface area (Å²) in [5.74, 6) is 0.871. The van der Waals surface area contributed by atoms with Crippen LogP contribution >= 0.6 is 0 Å². The number of ether oxygens (including phenoxy) is 1. The molecule has 2 aromatic carbocycles. The Hall–Kier alpha value is -3.28. The van der Waals surface area contributed by atoms with Gasteiger partial charge in [-0.2, -0.15) is 0 Å². The summed E-state index contributed by atoms with van der Waals surface area (Å²) in [6.07, 6.45) is 4.05. The van der Waals surface area contributed by atoms with Crippen molar-refractivity contribution in [3.63, 3.8) is 0 Å². The molecule has 32 heavy (non-hydrogen) atoms. The lowest BCUT2D eigenvalue weighted by atomic mass is 9.87. The number of H-pyrrole nitrogens is 1. The highest BCUT2D eigenvalue weighted by molar-refractivity contribution is 6.02. The van der Waals surface area contributed by atoms with Crippen molar-refractivity contribution in [3.8, 4) is 5.75 Å². The first-order valence-corrected chi connectivity index (χ1v) is 11.4. The van der Waals surface area contributed by atoms with Gasteiger partial charge in [0.1, 0.15) is 12.3 Å². The zero-order chi connectivity index (χ0) is 22.7. The number of fused-ring (bicyclic) bond motifs is 3. The van der Waals surface area contributed by atoms with Gasteiger partial charge in [0.05, 0.1) is 12.8 Å². The van der Waals surface area contributed by atoms with Gasteiger partial charge in [0.2, 0.25) is 5.91 Å². The van der Waals surface area contributed by atoms with E-state index < -0.39 is 0 Å². The molecule has 0 fully saturated rings. The molecule has 6 heteroatoms. The van der Waals surface area contributed by atoms with E-state index in [1.54, 1.807) is 24.1 Å². The van der Waals surface area contributed by atoms with Gasteiger partial charge in [-0.05, 0) is 67.5 Å². The lowest BCUT2D eigenvalue weighted by molar-refractivity contribution is -0.116. The molecule has 0 unspecified atom stereocenters. The van der Waals surface area contributed by atoms with Crippen molar-refractivity contribution in [3.05, 3.63) is 59.3 Å². The maximum atomic E-state index is 13.4. The van der Waals surface area contributed by atoms with E-state index in [4.69, 9.17) is 4.74 Å². The summed E-state index contributed by atoms with van der Waals surface area (Å²) in [7, 11) is 1.56. The van der Waals surface area contributed by atoms with Crippen molar-refractivity contribution in [1.29, 1.82) is 0 Å². The molecule has 0 spiro atoms. The smallest absolute Gasteiger partial charge is 0.254 e. The molecule has 0 aliphatic heterocycles. The molecule has 2 amide bonds. The number of hydrogen-bond donors (Lipinski definition) is 2. The van der Waals surface area contributed by atoms with E-state index in [1.807, 2.05) is 37.3 Å². The first kappa shape index (κ1) is 21.9. The van der Waals surface area contributed by atoms with Crippen LogP contribution in [0.4, 0.5) is 5.69 Å². The fourth-order valence-electron chi connectivity index (χ4n) is 4.54. The van der Waals surface area contributed by atoms with Gasteiger partial charge in [-0.3, -0.25) is 9.59 Å². The normalized spacial score (nSPS) is 15.3. The van der Waals surface area contributed by atoms with Gasteiger partial charge < -0.3 is 19.9 Å². The molecule has 0 radical (unpaired) electrons. The highest BCUT2D eigenvalue weighted by atomic mass is 16.5. The second-order valence-electron chi connectivity index (χ2n) is 8.67. The van der Waals surface area contributed by atoms with E-state index in [0.29, 0.717) is 29.5 Å². The van der Waals surface area contributed by atoms with Crippen LogP contribution in [-0.2, 0) is 17.6 Å². The molecule has 3 aromatic rings. The second kappa shape index (κ2) is 9.47. The number of aromatic amines is 1. The van der Waals surface area contributed by atoms with Crippen LogP contribution in [0.15, 0.2) is 42.5 Å². The third-order valence-corrected chi connectivity index (χ3v) is 6.18. The molecule has 1 aliphatic rings. The van der Waals surface area contributed by atoms with E-state index >= 15 is 0 Å². The summed E-state index contributed by atoms with van der Waals surface area (Å²) in [6, 6.07) is 13.1. The Kier molecular flexibility index (Phi) is 6.49. The maximum absolute atomic E-state index is 13.4. The van der Waals surface area contributed by atoms with Crippen molar-refractivity contribution >= 4 is 28.4 Å². The Balaban J connectivity index is 1.54. The van der Waals surface area contributed by atoms with Crippen LogP contribution in [0.3, 0.4) is 0 Å². The van der Waals surface area contributed by atoms with Crippen LogP contribution in [0.25, 0.3) is 10.9 Å². The number of rotatable bonds is 7. The molecule has 6 nitrogen and oxygen atoms in total. The number of amides is 2. The number of anilines is 1. The highest BCUT2D eigenvalue weighted by Gasteiger charge is 2.23. The number of para-hydroxylation sites is 2. The van der Waals surface area contributed by atoms with Gasteiger partial charge in [-0.1, -0.05) is 26.0 Å². The summed E-state index contributed by atoms with van der Waals surface area (Å²) in [6.45, 7) is 4.79. The fraction of sp³-hybridized carbons (Fsp3) is 0.385. The molecule has 168 valence electrons. The number of benzene rings is 2. The zero-order valence-corrected chi connectivity index (χ0v) is 19.0. The molecule has 1 aromatic heterocycles. The van der Waals surface area contributed by atoms with Gasteiger partial charge in [-0.25, -0.2) is 0 Å². The molecule has 4 rings (SSSR count). The van der Waals surface area contributed by atoms with Gasteiger partial charge in [0.15, 0.2) is 0 Å². The largest absolute Gasteiger partial charge is 0.495 e. The van der Waals surface area contributed by atoms with Gasteiger partial charge in [0.25, 0.3) is 5.91 Å². The first-order chi connectivity index (χ1) is 15.5. The molecule has 1 atom stereocenters. The molecule has 2 N–H and O–H groups in total. The molecule has 1 aliphatic carbocycles. The van der Waals surface area contributed by atoms with Crippen molar-refractivity contribution in [2.75, 3.05) is 25.5 Å². The van der Waals surface area contributed by atoms with E-state index in [9.17, 15) is 9.59 Å². The maximum Gasteiger partial charge on any atom is 0.254 e. The number of carbonyl (C=O) groups is 2. The Morgan fingerprint density at radius 3 is 2.81 bits per heavy atom. The minimum atomic E-state index is -0.245. The third kappa shape index (κ3) is 4.49. The average Bonchev–Trinajstić information content (AvgIpc) is 3.15. The summed E-state index contributed by atoms with van der Waals surface area (Å²) in [5.41, 5.74) is 4.93. The van der Waals surface area contributed by atoms with E-state index in [0.717, 1.165) is 30.2 Å². The summed E-state index contributed by atoms with van der Waals surface area (Å²) in [4.78, 5) is 31.2. The SMILES string of the molecule is CCCN(CC(=O)Nc1ccccc1OC)C(=O)c1ccc2[nH]c3c(c2c1)C[C@H](C)CC3. The summed E-state index contributed by atoms with van der Waals surface area (Å²) >= 11 is 0. The van der Waals surface area contributed by atoms with Gasteiger partial charge >= 0.3 is 0 Å². The number of nitrogens with one attached hydrogen (secondary N) is 2. The van der Waals surface area contributed by atoms with Crippen molar-refractivity contribution in [1.82, 2.24) is 9.88 Å². The quantitative estimate of drug-likeness (QED) is 0.562. The Morgan fingerprint density at radius 2 is 2.03 bits per heavy atom. The molecular formula is C26H31N3O3. The first-order valence-electron chi connectivity index (χ1n) is 11.4. The number of nitrogens with zero attached hydrogens (tertiary/aromatic N) is 1. The van der Waals surface area contributed by atoms with Crippen LogP contribution < -0.4 is 10.1 Å². The summed E-state index contributed by atoms with van der Waals surface area (Å²) < 4.78 is 5.30. The van der Waals surface area contributed by atoms with Gasteiger partial charge in [0, 0.05) is 28.7 Å². The number of carbonyl (C=O) groups excluding carboxylic acids is 2. The van der Waals surface area contributed by atoms with E-state index in [2.05, 4.69) is 17.2 Å². The minimum absolute atomic E-state index is 0.00889. The van der Waals surface area contributed by atoms with E-state index in [-0.39, 0.29) is 18.4 Å². The standard InChI is InChI=1S/C26H31N3O3/c1-4-13-29(16-25(30)28-23-7-5-6-8-24(23)32-3)26(31)18-10-12-22-20(15-18)19-14-17(2)9-11-21(19)27-22/h5-8,10,12,15,17,27H,4,9,11,13-14,16H2,1-3H3,(H,28,30)/t17-/m1/s1. The van der Waals surface area contributed by atoms with Crippen molar-refractivity contribution in [2.45, 2.75) is 39.5 Å². The second-order valence-corrected chi connectivity index (χ2v) is 8.67. The number of methoxy groups -OCH3 is 1. The Morgan fingerprint density at radius 1 is 1.22 bits per heavy atom. The number of aromatic nitrogens is 1. The molecular weight excluding hydrogens is 402 g/mol. The number of hydrogen-bond acceptors (Lipinski definition) is 3. The van der Waals surface area contributed by atoms with E-state index in [1.165, 1.54) is 17.7 Å². The topological polar surface area (TPSA) is 74.4 Å². The van der Waals surface area contributed by atoms with Crippen molar-refractivity contribution in [2.24, 2.45) is 5.92 Å². The van der Waals surface area contributed by atoms with Crippen molar-refractivity contribution < 1.29 is 14.3 Å². The predicted molar refractivity (Wildman–Crippen MR) is 127 cm³/mol. The van der Waals surface area contributed by atoms with Crippen LogP contribution in [0.1, 0.15) is 48.3 Å². The predicted octanol–water partition coefficient (Wildman–Crippen LogP) is 4.79. The molecule has 0 bridgehead atoms.